The molecule has 31 heavy (non-hydrogen) atoms. The number of benzene rings is 2. The smallest absolute Gasteiger partial charge is 0.251 e. The lowest BCUT2D eigenvalue weighted by Gasteiger charge is -2.12. The lowest BCUT2D eigenvalue weighted by Crippen LogP contribution is -2.39. The van der Waals surface area contributed by atoms with Crippen molar-refractivity contribution in [1.29, 1.82) is 0 Å². The van der Waals surface area contributed by atoms with E-state index < -0.39 is 0 Å². The average molecular weight is 426 g/mol. The van der Waals surface area contributed by atoms with Gasteiger partial charge in [-0.25, -0.2) is 4.99 Å². The van der Waals surface area contributed by atoms with Crippen molar-refractivity contribution in [3.63, 3.8) is 0 Å². The molecule has 0 spiro atoms. The van der Waals surface area contributed by atoms with Gasteiger partial charge in [0.1, 0.15) is 12.3 Å². The van der Waals surface area contributed by atoms with Crippen LogP contribution in [0.2, 0.25) is 0 Å². The van der Waals surface area contributed by atoms with E-state index in [-0.39, 0.29) is 18.4 Å². The van der Waals surface area contributed by atoms with Crippen LogP contribution in [0.15, 0.2) is 53.5 Å². The van der Waals surface area contributed by atoms with Crippen LogP contribution in [0, 0.1) is 0 Å². The number of hydrogen-bond acceptors (Lipinski definition) is 4. The highest BCUT2D eigenvalue weighted by Crippen LogP contribution is 2.10. The van der Waals surface area contributed by atoms with Crippen molar-refractivity contribution < 1.29 is 14.3 Å². The molecule has 0 saturated heterocycles. The van der Waals surface area contributed by atoms with Crippen LogP contribution in [0.5, 0.6) is 5.75 Å². The second kappa shape index (κ2) is 12.9. The summed E-state index contributed by atoms with van der Waals surface area (Å²) in [5.41, 5.74) is 2.66. The van der Waals surface area contributed by atoms with Crippen LogP contribution >= 0.6 is 0 Å². The van der Waals surface area contributed by atoms with Gasteiger partial charge in [-0.05, 0) is 48.7 Å². The second-order valence-electron chi connectivity index (χ2n) is 6.78. The summed E-state index contributed by atoms with van der Waals surface area (Å²) < 4.78 is 5.13. The quantitative estimate of drug-likeness (QED) is 0.341. The molecule has 8 heteroatoms. The fourth-order valence-electron chi connectivity index (χ4n) is 2.83. The standard InChI is InChI=1S/C23H31N5O3/c1-4-25-23(26-13-12-17-6-5-7-19(14-17)22(30)24-2)28-16-21(29)27-15-18-8-10-20(31-3)11-9-18/h5-11,14H,4,12-13,15-16H2,1-3H3,(H,24,30)(H,27,29)(H2,25,26,28). The molecule has 0 radical (unpaired) electrons. The molecule has 0 fully saturated rings. The average Bonchev–Trinajstić information content (AvgIpc) is 2.81. The third-order valence-electron chi connectivity index (χ3n) is 4.50. The normalized spacial score (nSPS) is 10.9. The minimum Gasteiger partial charge on any atom is -0.497 e. The highest BCUT2D eigenvalue weighted by molar-refractivity contribution is 5.94. The Balaban J connectivity index is 1.81. The molecule has 0 aliphatic carbocycles. The number of amides is 2. The largest absolute Gasteiger partial charge is 0.497 e. The van der Waals surface area contributed by atoms with Crippen LogP contribution < -0.4 is 26.0 Å². The summed E-state index contributed by atoms with van der Waals surface area (Å²) in [6.07, 6.45) is 0.721. The van der Waals surface area contributed by atoms with Crippen LogP contribution in [-0.2, 0) is 17.8 Å². The Labute approximate surface area is 183 Å². The van der Waals surface area contributed by atoms with E-state index in [2.05, 4.69) is 26.3 Å². The molecule has 2 aromatic rings. The van der Waals surface area contributed by atoms with Gasteiger partial charge in [0.2, 0.25) is 5.91 Å². The molecule has 0 saturated carbocycles. The Morgan fingerprint density at radius 3 is 2.45 bits per heavy atom. The first kappa shape index (κ1) is 23.7. The van der Waals surface area contributed by atoms with Crippen molar-refractivity contribution >= 4 is 17.8 Å². The van der Waals surface area contributed by atoms with E-state index in [0.717, 1.165) is 23.3 Å². The zero-order valence-electron chi connectivity index (χ0n) is 18.3. The number of ether oxygens (including phenoxy) is 1. The fraction of sp³-hybridized carbons (Fsp3) is 0.348. The molecule has 0 heterocycles. The molecular weight excluding hydrogens is 394 g/mol. The number of guanidine groups is 1. The van der Waals surface area contributed by atoms with Gasteiger partial charge in [0, 0.05) is 32.2 Å². The van der Waals surface area contributed by atoms with E-state index >= 15 is 0 Å². The van der Waals surface area contributed by atoms with Gasteiger partial charge in [-0.2, -0.15) is 0 Å². The van der Waals surface area contributed by atoms with E-state index in [1.807, 2.05) is 49.4 Å². The van der Waals surface area contributed by atoms with Gasteiger partial charge in [-0.1, -0.05) is 24.3 Å². The molecule has 2 amide bonds. The molecule has 8 nitrogen and oxygen atoms in total. The molecule has 166 valence electrons. The number of carbonyl (C=O) groups excluding carboxylic acids is 2. The Morgan fingerprint density at radius 2 is 1.77 bits per heavy atom. The predicted octanol–water partition coefficient (Wildman–Crippen LogP) is 1.47. The topological polar surface area (TPSA) is 104 Å². The summed E-state index contributed by atoms with van der Waals surface area (Å²) in [5.74, 6) is 1.09. The van der Waals surface area contributed by atoms with Crippen LogP contribution in [-0.4, -0.2) is 51.6 Å². The summed E-state index contributed by atoms with van der Waals surface area (Å²) in [6.45, 7) is 3.73. The zero-order valence-corrected chi connectivity index (χ0v) is 18.3. The highest BCUT2D eigenvalue weighted by Gasteiger charge is 2.05. The van der Waals surface area contributed by atoms with Crippen LogP contribution in [0.25, 0.3) is 0 Å². The zero-order chi connectivity index (χ0) is 22.5. The first-order valence-electron chi connectivity index (χ1n) is 10.3. The fourth-order valence-corrected chi connectivity index (χ4v) is 2.83. The molecule has 2 rings (SSSR count). The SMILES string of the molecule is CCNC(=NCC(=O)NCc1ccc(OC)cc1)NCCc1cccc(C(=O)NC)c1. The van der Waals surface area contributed by atoms with Crippen LogP contribution in [0.3, 0.4) is 0 Å². The number of nitrogens with one attached hydrogen (secondary N) is 4. The molecule has 0 aliphatic heterocycles. The first-order valence-corrected chi connectivity index (χ1v) is 10.3. The lowest BCUT2D eigenvalue weighted by atomic mass is 10.1. The molecule has 0 bridgehead atoms. The van der Waals surface area contributed by atoms with Gasteiger partial charge in [0.05, 0.1) is 7.11 Å². The second-order valence-corrected chi connectivity index (χ2v) is 6.78. The summed E-state index contributed by atoms with van der Waals surface area (Å²) in [4.78, 5) is 28.2. The Morgan fingerprint density at radius 1 is 1.00 bits per heavy atom. The van der Waals surface area contributed by atoms with Crippen molar-refractivity contribution in [3.8, 4) is 5.75 Å². The van der Waals surface area contributed by atoms with Crippen molar-refractivity contribution in [2.45, 2.75) is 19.9 Å². The molecular formula is C23H31N5O3. The molecule has 0 aromatic heterocycles. The third-order valence-corrected chi connectivity index (χ3v) is 4.50. The summed E-state index contributed by atoms with van der Waals surface area (Å²) in [5, 5.41) is 11.8. The van der Waals surface area contributed by atoms with Crippen molar-refractivity contribution in [2.24, 2.45) is 4.99 Å². The Kier molecular flexibility index (Phi) is 9.87. The summed E-state index contributed by atoms with van der Waals surface area (Å²) >= 11 is 0. The predicted molar refractivity (Wildman–Crippen MR) is 122 cm³/mol. The van der Waals surface area contributed by atoms with Gasteiger partial charge < -0.3 is 26.0 Å². The van der Waals surface area contributed by atoms with E-state index in [9.17, 15) is 9.59 Å². The number of nitrogens with zero attached hydrogens (tertiary/aromatic N) is 1. The van der Waals surface area contributed by atoms with Crippen LogP contribution in [0.1, 0.15) is 28.4 Å². The number of methoxy groups -OCH3 is 1. The van der Waals surface area contributed by atoms with Crippen molar-refractivity contribution in [2.75, 3.05) is 33.8 Å². The summed E-state index contributed by atoms with van der Waals surface area (Å²) in [7, 11) is 3.23. The number of hydrogen-bond donors (Lipinski definition) is 4. The van der Waals surface area contributed by atoms with Crippen molar-refractivity contribution in [3.05, 3.63) is 65.2 Å². The lowest BCUT2D eigenvalue weighted by molar-refractivity contribution is -0.119. The van der Waals surface area contributed by atoms with Crippen LogP contribution in [0.4, 0.5) is 0 Å². The monoisotopic (exact) mass is 425 g/mol. The minimum absolute atomic E-state index is 0.0254. The van der Waals surface area contributed by atoms with Gasteiger partial charge in [-0.15, -0.1) is 0 Å². The Bertz CT molecular complexity index is 881. The van der Waals surface area contributed by atoms with E-state index in [0.29, 0.717) is 31.2 Å². The molecule has 2 aromatic carbocycles. The van der Waals surface area contributed by atoms with E-state index in [1.54, 1.807) is 20.2 Å². The summed E-state index contributed by atoms with van der Waals surface area (Å²) in [6, 6.07) is 15.0. The highest BCUT2D eigenvalue weighted by atomic mass is 16.5. The molecule has 0 unspecified atom stereocenters. The van der Waals surface area contributed by atoms with E-state index in [4.69, 9.17) is 4.74 Å². The van der Waals surface area contributed by atoms with E-state index in [1.165, 1.54) is 0 Å². The van der Waals surface area contributed by atoms with Gasteiger partial charge in [0.25, 0.3) is 5.91 Å². The molecule has 0 aliphatic rings. The maximum absolute atomic E-state index is 12.1. The molecule has 4 N–H and O–H groups in total. The number of carbonyl (C=O) groups is 2. The van der Waals surface area contributed by atoms with Gasteiger partial charge >= 0.3 is 0 Å². The third kappa shape index (κ3) is 8.38. The number of aliphatic imine (C=N–C) groups is 1. The van der Waals surface area contributed by atoms with Crippen molar-refractivity contribution in [1.82, 2.24) is 21.3 Å². The maximum Gasteiger partial charge on any atom is 0.251 e. The molecule has 0 atom stereocenters. The van der Waals surface area contributed by atoms with Gasteiger partial charge in [-0.3, -0.25) is 9.59 Å². The Hall–Kier alpha value is -3.55. The first-order chi connectivity index (χ1) is 15.0. The number of rotatable bonds is 10. The minimum atomic E-state index is -0.161. The van der Waals surface area contributed by atoms with Gasteiger partial charge in [0.15, 0.2) is 5.96 Å². The maximum atomic E-state index is 12.1.